The van der Waals surface area contributed by atoms with Crippen LogP contribution in [0.25, 0.3) is 21.5 Å². The number of rotatable bonds is 4. The van der Waals surface area contributed by atoms with Crippen LogP contribution in [0, 0.1) is 0 Å². The summed E-state index contributed by atoms with van der Waals surface area (Å²) in [4.78, 5) is 13.4. The lowest BCUT2D eigenvalue weighted by Crippen LogP contribution is -2.45. The third-order valence-corrected chi connectivity index (χ3v) is 14.6. The molecule has 5 nitrogen and oxygen atoms in total. The van der Waals surface area contributed by atoms with E-state index in [-0.39, 0.29) is 5.04 Å². The van der Waals surface area contributed by atoms with E-state index >= 15 is 0 Å². The summed E-state index contributed by atoms with van der Waals surface area (Å²) in [7, 11) is -1.80. The topological polar surface area (TPSA) is 43.2 Å². The summed E-state index contributed by atoms with van der Waals surface area (Å²) < 4.78 is 8.10. The van der Waals surface area contributed by atoms with Crippen molar-refractivity contribution in [1.29, 1.82) is 0 Å². The van der Waals surface area contributed by atoms with Gasteiger partial charge in [0.05, 0.1) is 23.6 Å². The van der Waals surface area contributed by atoms with Gasteiger partial charge in [-0.25, -0.2) is 4.98 Å². The Hall–Kier alpha value is -1.54. The van der Waals surface area contributed by atoms with E-state index < -0.39 is 8.24 Å². The van der Waals surface area contributed by atoms with Gasteiger partial charge in [0.2, 0.25) is 0 Å². The van der Waals surface area contributed by atoms with Crippen LogP contribution in [-0.2, 0) is 4.74 Å². The van der Waals surface area contributed by atoms with Crippen LogP contribution in [0.1, 0.15) is 57.9 Å². The van der Waals surface area contributed by atoms with E-state index in [2.05, 4.69) is 66.4 Å². The van der Waals surface area contributed by atoms with Gasteiger partial charge in [-0.3, -0.25) is 9.88 Å². The molecule has 0 spiro atoms. The molecule has 0 radical (unpaired) electrons. The first-order valence-electron chi connectivity index (χ1n) is 12.5. The van der Waals surface area contributed by atoms with Gasteiger partial charge in [0, 0.05) is 48.7 Å². The maximum absolute atomic E-state index is 5.56. The molecule has 1 aliphatic heterocycles. The Bertz CT molecular complexity index is 1090. The first-order valence-corrected chi connectivity index (χ1v) is 16.3. The van der Waals surface area contributed by atoms with Gasteiger partial charge in [0.15, 0.2) is 8.24 Å². The molecule has 2 aliphatic rings. The van der Waals surface area contributed by atoms with Crippen molar-refractivity contribution in [3.63, 3.8) is 0 Å². The minimum atomic E-state index is -1.80. The maximum Gasteiger partial charge on any atom is 0.163 e. The van der Waals surface area contributed by atoms with Crippen molar-refractivity contribution in [1.82, 2.24) is 19.1 Å². The lowest BCUT2D eigenvalue weighted by atomic mass is 9.81. The van der Waals surface area contributed by atoms with Gasteiger partial charge < -0.3 is 8.97 Å². The summed E-state index contributed by atoms with van der Waals surface area (Å²) in [6.07, 6.45) is 11.7. The van der Waals surface area contributed by atoms with E-state index in [1.165, 1.54) is 47.1 Å². The molecule has 1 saturated heterocycles. The molecule has 5 rings (SSSR count). The van der Waals surface area contributed by atoms with E-state index in [1.807, 2.05) is 11.7 Å². The zero-order chi connectivity index (χ0) is 23.2. The fourth-order valence-corrected chi connectivity index (χ4v) is 7.93. The number of hydrogen-bond acceptors (Lipinski definition) is 5. The van der Waals surface area contributed by atoms with Crippen LogP contribution in [0.3, 0.4) is 0 Å². The minimum Gasteiger partial charge on any atom is -0.379 e. The number of nitrogens with zero attached hydrogens (tertiary/aromatic N) is 4. The fraction of sp³-hybridized carbons (Fsp3) is 0.615. The van der Waals surface area contributed by atoms with Gasteiger partial charge in [-0.2, -0.15) is 0 Å². The Labute approximate surface area is 203 Å². The molecule has 7 heteroatoms. The van der Waals surface area contributed by atoms with E-state index in [0.29, 0.717) is 5.92 Å². The summed E-state index contributed by atoms with van der Waals surface area (Å²) in [6.45, 7) is 16.0. The van der Waals surface area contributed by atoms with Crippen molar-refractivity contribution < 1.29 is 4.74 Å². The van der Waals surface area contributed by atoms with Crippen LogP contribution in [0.5, 0.6) is 0 Å². The SMILES string of the molecule is CC(C)(C)[Si](C)(C)n1cc(-c2cncs2)c2cc(C3CCC(N4CCOCC4)CC3)cnc21. The molecular formula is C26H38N4OSSi. The quantitative estimate of drug-likeness (QED) is 0.405. The minimum absolute atomic E-state index is 0.238. The molecule has 0 unspecified atom stereocenters. The molecule has 2 fully saturated rings. The number of morpholine rings is 1. The highest BCUT2D eigenvalue weighted by Crippen LogP contribution is 2.43. The summed E-state index contributed by atoms with van der Waals surface area (Å²) in [5.41, 5.74) is 5.81. The van der Waals surface area contributed by atoms with Crippen LogP contribution in [0.2, 0.25) is 18.1 Å². The van der Waals surface area contributed by atoms with Crippen molar-refractivity contribution in [2.24, 2.45) is 0 Å². The average molecular weight is 483 g/mol. The first kappa shape index (κ1) is 23.2. The van der Waals surface area contributed by atoms with Crippen LogP contribution in [0.4, 0.5) is 0 Å². The van der Waals surface area contributed by atoms with Gasteiger partial charge in [0.25, 0.3) is 0 Å². The Morgan fingerprint density at radius 3 is 2.42 bits per heavy atom. The van der Waals surface area contributed by atoms with Gasteiger partial charge in [-0.1, -0.05) is 33.9 Å². The number of fused-ring (bicyclic) bond motifs is 1. The first-order chi connectivity index (χ1) is 15.8. The smallest absolute Gasteiger partial charge is 0.163 e. The van der Waals surface area contributed by atoms with Crippen molar-refractivity contribution in [2.75, 3.05) is 26.3 Å². The summed E-state index contributed by atoms with van der Waals surface area (Å²) in [5, 5.41) is 1.54. The summed E-state index contributed by atoms with van der Waals surface area (Å²) in [6, 6.07) is 3.19. The second kappa shape index (κ2) is 8.91. The molecule has 4 heterocycles. The van der Waals surface area contributed by atoms with Crippen LogP contribution in [-0.4, -0.2) is 59.7 Å². The Morgan fingerprint density at radius 1 is 1.06 bits per heavy atom. The molecule has 178 valence electrons. The molecule has 3 aromatic heterocycles. The largest absolute Gasteiger partial charge is 0.379 e. The van der Waals surface area contributed by atoms with E-state index in [1.54, 1.807) is 11.3 Å². The normalized spacial score (nSPS) is 23.3. The Kier molecular flexibility index (Phi) is 6.27. The molecule has 0 atom stereocenters. The highest BCUT2D eigenvalue weighted by Gasteiger charge is 2.39. The number of thiazole rings is 1. The number of hydrogen-bond donors (Lipinski definition) is 0. The number of pyridine rings is 1. The number of ether oxygens (including phenoxy) is 1. The van der Waals surface area contributed by atoms with Gasteiger partial charge in [-0.15, -0.1) is 11.3 Å². The monoisotopic (exact) mass is 482 g/mol. The zero-order valence-corrected chi connectivity index (χ0v) is 22.6. The van der Waals surface area contributed by atoms with Crippen LogP contribution < -0.4 is 0 Å². The van der Waals surface area contributed by atoms with Crippen molar-refractivity contribution >= 4 is 30.6 Å². The predicted molar refractivity (Wildman–Crippen MR) is 141 cm³/mol. The standard InChI is InChI=1S/C26H38N4OSSi/c1-26(2,3)33(4,5)30-17-23(24-16-27-18-32-24)22-14-20(15-28-25(22)30)19-6-8-21(9-7-19)29-10-12-31-13-11-29/h14-19,21H,6-13H2,1-5H3. The van der Waals surface area contributed by atoms with E-state index in [4.69, 9.17) is 9.72 Å². The van der Waals surface area contributed by atoms with Gasteiger partial charge >= 0.3 is 0 Å². The molecule has 0 aromatic carbocycles. The zero-order valence-electron chi connectivity index (χ0n) is 20.8. The highest BCUT2D eigenvalue weighted by atomic mass is 32.1. The summed E-state index contributed by atoms with van der Waals surface area (Å²) >= 11 is 1.73. The van der Waals surface area contributed by atoms with Crippen LogP contribution in [0.15, 0.2) is 30.2 Å². The Balaban J connectivity index is 1.47. The molecule has 0 N–H and O–H groups in total. The van der Waals surface area contributed by atoms with Crippen LogP contribution >= 0.6 is 11.3 Å². The van der Waals surface area contributed by atoms with Gasteiger partial charge in [0.1, 0.15) is 5.65 Å². The fourth-order valence-electron chi connectivity index (χ4n) is 5.40. The molecule has 1 aliphatic carbocycles. The molecule has 1 saturated carbocycles. The lowest BCUT2D eigenvalue weighted by molar-refractivity contribution is 0.00729. The third kappa shape index (κ3) is 4.33. The Morgan fingerprint density at radius 2 is 1.79 bits per heavy atom. The van der Waals surface area contributed by atoms with E-state index in [0.717, 1.165) is 38.0 Å². The molecule has 33 heavy (non-hydrogen) atoms. The lowest BCUT2D eigenvalue weighted by Gasteiger charge is -2.39. The van der Waals surface area contributed by atoms with Gasteiger partial charge in [-0.05, 0) is 48.3 Å². The predicted octanol–water partition coefficient (Wildman–Crippen LogP) is 6.37. The van der Waals surface area contributed by atoms with Crippen molar-refractivity contribution in [3.05, 3.63) is 35.7 Å². The molecular weight excluding hydrogens is 444 g/mol. The summed E-state index contributed by atoms with van der Waals surface area (Å²) in [5.74, 6) is 0.615. The van der Waals surface area contributed by atoms with Crippen molar-refractivity contribution in [2.45, 2.75) is 76.5 Å². The third-order valence-electron chi connectivity index (χ3n) is 8.53. The maximum atomic E-state index is 5.56. The second-order valence-corrected chi connectivity index (χ2v) is 17.4. The average Bonchev–Trinajstić information content (AvgIpc) is 3.47. The highest BCUT2D eigenvalue weighted by molar-refractivity contribution is 7.13. The molecule has 3 aromatic rings. The van der Waals surface area contributed by atoms with Crippen molar-refractivity contribution in [3.8, 4) is 10.4 Å². The van der Waals surface area contributed by atoms with E-state index in [9.17, 15) is 0 Å². The molecule has 0 amide bonds. The number of aromatic nitrogens is 3. The second-order valence-electron chi connectivity index (χ2n) is 11.4. The molecule has 0 bridgehead atoms.